The molecule has 0 spiro atoms. The lowest BCUT2D eigenvalue weighted by Gasteiger charge is -2.19. The molecule has 1 fully saturated rings. The van der Waals surface area contributed by atoms with Gasteiger partial charge < -0.3 is 4.74 Å². The van der Waals surface area contributed by atoms with Crippen LogP contribution in [0.1, 0.15) is 31.2 Å². The SMILES string of the molecule is O=C(CCCCCBr)N1C(=O)OC[C@H]1Cc1ccccc1. The van der Waals surface area contributed by atoms with E-state index in [0.717, 1.165) is 30.2 Å². The maximum Gasteiger partial charge on any atom is 0.416 e. The summed E-state index contributed by atoms with van der Waals surface area (Å²) in [5, 5.41) is 0.948. The van der Waals surface area contributed by atoms with Gasteiger partial charge >= 0.3 is 6.09 Å². The van der Waals surface area contributed by atoms with E-state index >= 15 is 0 Å². The van der Waals surface area contributed by atoms with Crippen LogP contribution in [-0.4, -0.2) is 34.9 Å². The van der Waals surface area contributed by atoms with Gasteiger partial charge in [-0.25, -0.2) is 9.69 Å². The molecule has 1 aliphatic rings. The van der Waals surface area contributed by atoms with Gasteiger partial charge in [-0.3, -0.25) is 4.79 Å². The van der Waals surface area contributed by atoms with E-state index in [-0.39, 0.29) is 11.9 Å². The number of amides is 2. The van der Waals surface area contributed by atoms with Crippen molar-refractivity contribution in [2.24, 2.45) is 0 Å². The van der Waals surface area contributed by atoms with Gasteiger partial charge in [-0.15, -0.1) is 0 Å². The molecule has 0 aromatic heterocycles. The first-order valence-electron chi connectivity index (χ1n) is 7.31. The fourth-order valence-corrected chi connectivity index (χ4v) is 2.87. The summed E-state index contributed by atoms with van der Waals surface area (Å²) in [6.07, 6.45) is 3.41. The highest BCUT2D eigenvalue weighted by molar-refractivity contribution is 9.09. The van der Waals surface area contributed by atoms with E-state index in [2.05, 4.69) is 15.9 Å². The van der Waals surface area contributed by atoms with Crippen LogP contribution < -0.4 is 0 Å². The first-order chi connectivity index (χ1) is 10.2. The molecule has 4 nitrogen and oxygen atoms in total. The van der Waals surface area contributed by atoms with Gasteiger partial charge in [0.15, 0.2) is 0 Å². The fraction of sp³-hybridized carbons (Fsp3) is 0.500. The van der Waals surface area contributed by atoms with Crippen LogP contribution in [0.4, 0.5) is 4.79 Å². The van der Waals surface area contributed by atoms with Crippen molar-refractivity contribution in [3.8, 4) is 0 Å². The highest BCUT2D eigenvalue weighted by Gasteiger charge is 2.37. The number of hydrogen-bond donors (Lipinski definition) is 0. The quantitative estimate of drug-likeness (QED) is 0.556. The molecule has 0 radical (unpaired) electrons. The Morgan fingerprint density at radius 1 is 1.24 bits per heavy atom. The summed E-state index contributed by atoms with van der Waals surface area (Å²) in [5.41, 5.74) is 1.11. The standard InChI is InChI=1S/C16H20BrNO3/c17-10-6-2-5-9-15(19)18-14(12-21-16(18)20)11-13-7-3-1-4-8-13/h1,3-4,7-8,14H,2,5-6,9-12H2/t14-/m1/s1. The number of benzene rings is 1. The minimum Gasteiger partial charge on any atom is -0.447 e. The van der Waals surface area contributed by atoms with E-state index in [4.69, 9.17) is 4.74 Å². The molecule has 21 heavy (non-hydrogen) atoms. The molecule has 1 saturated heterocycles. The molecule has 2 amide bonds. The zero-order chi connectivity index (χ0) is 15.1. The predicted octanol–water partition coefficient (Wildman–Crippen LogP) is 3.53. The summed E-state index contributed by atoms with van der Waals surface area (Å²) in [5.74, 6) is -0.118. The van der Waals surface area contributed by atoms with Crippen molar-refractivity contribution in [1.82, 2.24) is 4.90 Å². The average Bonchev–Trinajstić information content (AvgIpc) is 2.85. The van der Waals surface area contributed by atoms with E-state index in [1.807, 2.05) is 30.3 Å². The number of carbonyl (C=O) groups excluding carboxylic acids is 2. The lowest BCUT2D eigenvalue weighted by Crippen LogP contribution is -2.40. The molecule has 0 N–H and O–H groups in total. The number of nitrogens with zero attached hydrogens (tertiary/aromatic N) is 1. The van der Waals surface area contributed by atoms with Crippen molar-refractivity contribution >= 4 is 27.9 Å². The van der Waals surface area contributed by atoms with Crippen molar-refractivity contribution in [2.45, 2.75) is 38.1 Å². The maximum absolute atomic E-state index is 12.2. The molecule has 1 aromatic rings. The molecule has 0 bridgehead atoms. The molecule has 1 heterocycles. The highest BCUT2D eigenvalue weighted by Crippen LogP contribution is 2.19. The molecule has 0 aliphatic carbocycles. The van der Waals surface area contributed by atoms with Crippen molar-refractivity contribution in [3.63, 3.8) is 0 Å². The average molecular weight is 354 g/mol. The molecule has 1 aliphatic heterocycles. The van der Waals surface area contributed by atoms with E-state index < -0.39 is 6.09 Å². The topological polar surface area (TPSA) is 46.6 Å². The van der Waals surface area contributed by atoms with Gasteiger partial charge in [0.05, 0.1) is 6.04 Å². The zero-order valence-electron chi connectivity index (χ0n) is 12.0. The molecule has 0 unspecified atom stereocenters. The minimum atomic E-state index is -0.499. The van der Waals surface area contributed by atoms with Gasteiger partial charge in [0, 0.05) is 11.8 Å². The number of cyclic esters (lactones) is 1. The first kappa shape index (κ1) is 16.0. The molecule has 2 rings (SSSR count). The summed E-state index contributed by atoms with van der Waals surface area (Å²) in [7, 11) is 0. The number of carbonyl (C=O) groups is 2. The Kier molecular flexibility index (Phi) is 6.23. The van der Waals surface area contributed by atoms with Crippen LogP contribution in [0, 0.1) is 0 Å². The zero-order valence-corrected chi connectivity index (χ0v) is 13.5. The van der Waals surface area contributed by atoms with Crippen LogP contribution in [-0.2, 0) is 16.0 Å². The second-order valence-electron chi connectivity index (χ2n) is 5.18. The van der Waals surface area contributed by atoms with Crippen LogP contribution in [0.3, 0.4) is 0 Å². The molecule has 1 atom stereocenters. The van der Waals surface area contributed by atoms with Gasteiger partial charge in [0.2, 0.25) is 5.91 Å². The second kappa shape index (κ2) is 8.17. The summed E-state index contributed by atoms with van der Waals surface area (Å²) in [6.45, 7) is 0.293. The number of alkyl halides is 1. The second-order valence-corrected chi connectivity index (χ2v) is 5.98. The van der Waals surface area contributed by atoms with E-state index in [9.17, 15) is 9.59 Å². The number of ether oxygens (including phenoxy) is 1. The Labute approximate surface area is 133 Å². The van der Waals surface area contributed by atoms with Crippen molar-refractivity contribution in [3.05, 3.63) is 35.9 Å². The summed E-state index contributed by atoms with van der Waals surface area (Å²) in [6, 6.07) is 9.69. The maximum atomic E-state index is 12.2. The lowest BCUT2D eigenvalue weighted by molar-refractivity contribution is -0.129. The van der Waals surface area contributed by atoms with Crippen LogP contribution in [0.15, 0.2) is 30.3 Å². The van der Waals surface area contributed by atoms with Gasteiger partial charge in [-0.05, 0) is 24.8 Å². The molecule has 1 aromatic carbocycles. The van der Waals surface area contributed by atoms with Crippen LogP contribution in [0.25, 0.3) is 0 Å². The smallest absolute Gasteiger partial charge is 0.416 e. The summed E-state index contributed by atoms with van der Waals surface area (Å²) >= 11 is 3.37. The number of halogens is 1. The van der Waals surface area contributed by atoms with Gasteiger partial charge in [-0.2, -0.15) is 0 Å². The van der Waals surface area contributed by atoms with Crippen molar-refractivity contribution in [1.29, 1.82) is 0 Å². The monoisotopic (exact) mass is 353 g/mol. The Morgan fingerprint density at radius 3 is 2.71 bits per heavy atom. The third-order valence-corrected chi connectivity index (χ3v) is 4.13. The Hall–Kier alpha value is -1.36. The van der Waals surface area contributed by atoms with Gasteiger partial charge in [0.1, 0.15) is 6.61 Å². The van der Waals surface area contributed by atoms with E-state index in [1.54, 1.807) is 0 Å². The van der Waals surface area contributed by atoms with Crippen LogP contribution >= 0.6 is 15.9 Å². The number of rotatable bonds is 7. The van der Waals surface area contributed by atoms with E-state index in [0.29, 0.717) is 19.4 Å². The molecule has 5 heteroatoms. The predicted molar refractivity (Wildman–Crippen MR) is 84.4 cm³/mol. The Balaban J connectivity index is 1.92. The van der Waals surface area contributed by atoms with Crippen molar-refractivity contribution < 1.29 is 14.3 Å². The molecular formula is C16H20BrNO3. The first-order valence-corrected chi connectivity index (χ1v) is 8.43. The van der Waals surface area contributed by atoms with Crippen LogP contribution in [0.5, 0.6) is 0 Å². The summed E-state index contributed by atoms with van der Waals surface area (Å²) < 4.78 is 5.06. The summed E-state index contributed by atoms with van der Waals surface area (Å²) in [4.78, 5) is 25.3. The molecule has 0 saturated carbocycles. The number of imide groups is 1. The third kappa shape index (κ3) is 4.56. The molecular weight excluding hydrogens is 334 g/mol. The van der Waals surface area contributed by atoms with Gasteiger partial charge in [-0.1, -0.05) is 52.7 Å². The molecule has 114 valence electrons. The minimum absolute atomic E-state index is 0.118. The third-order valence-electron chi connectivity index (χ3n) is 3.57. The van der Waals surface area contributed by atoms with E-state index in [1.165, 1.54) is 4.90 Å². The van der Waals surface area contributed by atoms with Gasteiger partial charge in [0.25, 0.3) is 0 Å². The largest absolute Gasteiger partial charge is 0.447 e. The fourth-order valence-electron chi connectivity index (χ4n) is 2.47. The Morgan fingerprint density at radius 2 is 2.00 bits per heavy atom. The van der Waals surface area contributed by atoms with Crippen molar-refractivity contribution in [2.75, 3.05) is 11.9 Å². The normalized spacial score (nSPS) is 17.9. The lowest BCUT2D eigenvalue weighted by atomic mass is 10.1. The highest BCUT2D eigenvalue weighted by atomic mass is 79.9. The number of hydrogen-bond acceptors (Lipinski definition) is 3. The van der Waals surface area contributed by atoms with Crippen LogP contribution in [0.2, 0.25) is 0 Å². The number of unbranched alkanes of at least 4 members (excludes halogenated alkanes) is 2. The Bertz CT molecular complexity index is 478.